The van der Waals surface area contributed by atoms with Crippen molar-refractivity contribution in [3.05, 3.63) is 53.6 Å². The number of aliphatic hydroxyl groups is 1. The normalized spacial score (nSPS) is 17.2. The van der Waals surface area contributed by atoms with Crippen molar-refractivity contribution in [3.8, 4) is 0 Å². The first kappa shape index (κ1) is 17.7. The zero-order chi connectivity index (χ0) is 17.6. The van der Waals surface area contributed by atoms with Crippen molar-refractivity contribution < 1.29 is 9.90 Å². The molecule has 5 heteroatoms. The van der Waals surface area contributed by atoms with Crippen LogP contribution >= 0.6 is 0 Å². The molecule has 1 aliphatic rings. The summed E-state index contributed by atoms with van der Waals surface area (Å²) in [6.07, 6.45) is 7.21. The Kier molecular flexibility index (Phi) is 5.87. The Morgan fingerprint density at radius 1 is 1.36 bits per heavy atom. The summed E-state index contributed by atoms with van der Waals surface area (Å²) in [5.41, 5.74) is 2.20. The van der Waals surface area contributed by atoms with Crippen LogP contribution in [0.3, 0.4) is 0 Å². The van der Waals surface area contributed by atoms with E-state index in [0.717, 1.165) is 43.7 Å². The number of nitrogens with zero attached hydrogens (tertiary/aromatic N) is 3. The molecule has 5 nitrogen and oxygen atoms in total. The molecule has 25 heavy (non-hydrogen) atoms. The molecule has 1 atom stereocenters. The molecule has 1 saturated heterocycles. The minimum absolute atomic E-state index is 0.0805. The molecule has 0 unspecified atom stereocenters. The topological polar surface area (TPSA) is 58.4 Å². The van der Waals surface area contributed by atoms with E-state index in [1.54, 1.807) is 6.20 Å². The maximum Gasteiger partial charge on any atom is 0.224 e. The van der Waals surface area contributed by atoms with E-state index in [9.17, 15) is 9.90 Å². The van der Waals surface area contributed by atoms with Gasteiger partial charge in [0.25, 0.3) is 0 Å². The van der Waals surface area contributed by atoms with Crippen LogP contribution in [0.2, 0.25) is 0 Å². The summed E-state index contributed by atoms with van der Waals surface area (Å²) in [6, 6.07) is 8.11. The number of carbonyl (C=O) groups is 1. The molecule has 1 N–H and O–H groups in total. The highest BCUT2D eigenvalue weighted by atomic mass is 16.3. The third-order valence-corrected chi connectivity index (χ3v) is 5.02. The van der Waals surface area contributed by atoms with E-state index in [4.69, 9.17) is 0 Å². The van der Waals surface area contributed by atoms with E-state index in [1.807, 2.05) is 23.2 Å². The van der Waals surface area contributed by atoms with E-state index in [0.29, 0.717) is 18.9 Å². The molecule has 2 aromatic rings. The minimum atomic E-state index is 0.0805. The Hall–Kier alpha value is -2.14. The van der Waals surface area contributed by atoms with E-state index in [1.165, 1.54) is 5.56 Å². The highest BCUT2D eigenvalue weighted by Crippen LogP contribution is 2.22. The Morgan fingerprint density at radius 2 is 2.20 bits per heavy atom. The predicted molar refractivity (Wildman–Crippen MR) is 97.0 cm³/mol. The van der Waals surface area contributed by atoms with E-state index in [2.05, 4.69) is 28.6 Å². The average molecular weight is 341 g/mol. The van der Waals surface area contributed by atoms with Gasteiger partial charge in [0.15, 0.2) is 0 Å². The predicted octanol–water partition coefficient (Wildman–Crippen LogP) is 2.42. The number of aliphatic hydroxyl groups excluding tert-OH is 1. The van der Waals surface area contributed by atoms with Crippen molar-refractivity contribution in [1.29, 1.82) is 0 Å². The molecule has 0 bridgehead atoms. The van der Waals surface area contributed by atoms with Gasteiger partial charge in [0.1, 0.15) is 5.82 Å². The number of amides is 1. The van der Waals surface area contributed by atoms with Crippen LogP contribution in [-0.2, 0) is 30.8 Å². The minimum Gasteiger partial charge on any atom is -0.392 e. The van der Waals surface area contributed by atoms with E-state index >= 15 is 0 Å². The average Bonchev–Trinajstić information content (AvgIpc) is 3.28. The molecular weight excluding hydrogens is 314 g/mol. The zero-order valence-corrected chi connectivity index (χ0v) is 14.9. The van der Waals surface area contributed by atoms with Gasteiger partial charge < -0.3 is 14.6 Å². The Balaban J connectivity index is 1.49. The van der Waals surface area contributed by atoms with Gasteiger partial charge in [0, 0.05) is 44.9 Å². The van der Waals surface area contributed by atoms with Crippen LogP contribution < -0.4 is 0 Å². The molecule has 134 valence electrons. The van der Waals surface area contributed by atoms with Crippen molar-refractivity contribution in [2.24, 2.45) is 5.92 Å². The third-order valence-electron chi connectivity index (χ3n) is 5.02. The van der Waals surface area contributed by atoms with Gasteiger partial charge in [0.2, 0.25) is 5.91 Å². The van der Waals surface area contributed by atoms with Gasteiger partial charge in [0.05, 0.1) is 6.61 Å². The fourth-order valence-corrected chi connectivity index (χ4v) is 3.65. The van der Waals surface area contributed by atoms with Gasteiger partial charge in [-0.25, -0.2) is 4.98 Å². The lowest BCUT2D eigenvalue weighted by atomic mass is 9.97. The number of rotatable bonds is 7. The third kappa shape index (κ3) is 4.48. The molecule has 1 aromatic heterocycles. The molecule has 2 heterocycles. The second-order valence-corrected chi connectivity index (χ2v) is 6.82. The number of likely N-dealkylation sites (tertiary alicyclic amines) is 1. The van der Waals surface area contributed by atoms with Crippen LogP contribution in [0.4, 0.5) is 0 Å². The first-order valence-corrected chi connectivity index (χ1v) is 9.16. The van der Waals surface area contributed by atoms with Crippen LogP contribution in [0, 0.1) is 5.92 Å². The number of hydrogen-bond donors (Lipinski definition) is 1. The number of aromatic nitrogens is 2. The summed E-state index contributed by atoms with van der Waals surface area (Å²) in [5, 5.41) is 9.25. The van der Waals surface area contributed by atoms with Crippen molar-refractivity contribution in [2.45, 2.75) is 45.8 Å². The van der Waals surface area contributed by atoms with Crippen molar-refractivity contribution in [2.75, 3.05) is 13.1 Å². The lowest BCUT2D eigenvalue weighted by molar-refractivity contribution is -0.130. The molecule has 1 fully saturated rings. The largest absolute Gasteiger partial charge is 0.392 e. The van der Waals surface area contributed by atoms with Gasteiger partial charge in [-0.05, 0) is 29.9 Å². The molecule has 3 rings (SSSR count). The Morgan fingerprint density at radius 3 is 3.00 bits per heavy atom. The first-order valence-electron chi connectivity index (χ1n) is 9.16. The molecule has 1 aliphatic heterocycles. The maximum atomic E-state index is 12.5. The van der Waals surface area contributed by atoms with E-state index in [-0.39, 0.29) is 12.5 Å². The lowest BCUT2D eigenvalue weighted by Gasteiger charge is -2.17. The summed E-state index contributed by atoms with van der Waals surface area (Å²) >= 11 is 0. The smallest absolute Gasteiger partial charge is 0.224 e. The number of benzene rings is 1. The molecule has 1 aromatic carbocycles. The van der Waals surface area contributed by atoms with E-state index < -0.39 is 0 Å². The molecule has 0 spiro atoms. The number of imidazole rings is 1. The van der Waals surface area contributed by atoms with Gasteiger partial charge in [-0.2, -0.15) is 0 Å². The number of carbonyl (C=O) groups excluding carboxylic acids is 1. The molecular formula is C20H27N3O2. The van der Waals surface area contributed by atoms with Gasteiger partial charge in [-0.15, -0.1) is 0 Å². The quantitative estimate of drug-likeness (QED) is 0.841. The molecule has 0 saturated carbocycles. The standard InChI is InChI=1S/C20H27N3O2/c1-2-19-21-8-11-22(19)10-7-20(25)23-9-6-17(14-23)12-16-4-3-5-18(13-16)15-24/h3-5,8,11,13,17,24H,2,6-7,9-10,12,14-15H2,1H3/t17-/m1/s1. The second kappa shape index (κ2) is 8.30. The summed E-state index contributed by atoms with van der Waals surface area (Å²) in [7, 11) is 0. The highest BCUT2D eigenvalue weighted by molar-refractivity contribution is 5.76. The second-order valence-electron chi connectivity index (χ2n) is 6.82. The number of aryl methyl sites for hydroxylation is 2. The van der Waals surface area contributed by atoms with Crippen LogP contribution in [0.1, 0.15) is 36.7 Å². The van der Waals surface area contributed by atoms with Gasteiger partial charge in [-0.3, -0.25) is 4.79 Å². The summed E-state index contributed by atoms with van der Waals surface area (Å²) in [4.78, 5) is 18.8. The number of hydrogen-bond acceptors (Lipinski definition) is 3. The lowest BCUT2D eigenvalue weighted by Crippen LogP contribution is -2.29. The van der Waals surface area contributed by atoms with Crippen LogP contribution in [0.5, 0.6) is 0 Å². The van der Waals surface area contributed by atoms with Crippen molar-refractivity contribution in [3.63, 3.8) is 0 Å². The SMILES string of the molecule is CCc1nccn1CCC(=O)N1CC[C@H](Cc2cccc(CO)c2)C1. The maximum absolute atomic E-state index is 12.5. The first-order chi connectivity index (χ1) is 12.2. The monoisotopic (exact) mass is 341 g/mol. The molecule has 1 amide bonds. The van der Waals surface area contributed by atoms with Crippen LogP contribution in [-0.4, -0.2) is 38.6 Å². The van der Waals surface area contributed by atoms with Gasteiger partial charge in [-0.1, -0.05) is 31.2 Å². The highest BCUT2D eigenvalue weighted by Gasteiger charge is 2.26. The zero-order valence-electron chi connectivity index (χ0n) is 14.9. The van der Waals surface area contributed by atoms with Gasteiger partial charge >= 0.3 is 0 Å². The van der Waals surface area contributed by atoms with Crippen molar-refractivity contribution >= 4 is 5.91 Å². The summed E-state index contributed by atoms with van der Waals surface area (Å²) in [5.74, 6) is 1.79. The van der Waals surface area contributed by atoms with Crippen LogP contribution in [0.15, 0.2) is 36.7 Å². The summed E-state index contributed by atoms with van der Waals surface area (Å²) < 4.78 is 2.08. The summed E-state index contributed by atoms with van der Waals surface area (Å²) in [6.45, 7) is 4.57. The molecule has 0 aliphatic carbocycles. The fourth-order valence-electron chi connectivity index (χ4n) is 3.65. The Labute approximate surface area is 149 Å². The van der Waals surface area contributed by atoms with Crippen LogP contribution in [0.25, 0.3) is 0 Å². The Bertz CT molecular complexity index is 710. The molecule has 0 radical (unpaired) electrons. The fraction of sp³-hybridized carbons (Fsp3) is 0.500. The van der Waals surface area contributed by atoms with Crippen molar-refractivity contribution in [1.82, 2.24) is 14.5 Å².